The molecule has 2 rings (SSSR count). The summed E-state index contributed by atoms with van der Waals surface area (Å²) in [7, 11) is 0. The van der Waals surface area contributed by atoms with E-state index in [9.17, 15) is 10.1 Å². The van der Waals surface area contributed by atoms with Crippen LogP contribution in [0.3, 0.4) is 0 Å². The van der Waals surface area contributed by atoms with E-state index in [0.29, 0.717) is 16.7 Å². The predicted octanol–water partition coefficient (Wildman–Crippen LogP) is 3.78. The number of anilines is 1. The molecule has 1 aromatic carbocycles. The second-order valence-electron chi connectivity index (χ2n) is 3.98. The summed E-state index contributed by atoms with van der Waals surface area (Å²) in [5.74, 6) is 0. The Morgan fingerprint density at radius 3 is 2.95 bits per heavy atom. The summed E-state index contributed by atoms with van der Waals surface area (Å²) in [6.07, 6.45) is 0.756. The van der Waals surface area contributed by atoms with Crippen LogP contribution in [-0.4, -0.2) is 16.5 Å². The number of nitro benzene ring substituents is 1. The minimum atomic E-state index is -0.388. The number of rotatable bonds is 5. The van der Waals surface area contributed by atoms with Gasteiger partial charge in [-0.15, -0.1) is 11.3 Å². The number of nitro groups is 1. The number of halogens is 1. The molecule has 100 valence electrons. The van der Waals surface area contributed by atoms with E-state index < -0.39 is 0 Å². The van der Waals surface area contributed by atoms with Crippen LogP contribution < -0.4 is 5.32 Å². The van der Waals surface area contributed by atoms with Gasteiger partial charge in [-0.3, -0.25) is 10.1 Å². The fourth-order valence-corrected chi connectivity index (χ4v) is 2.75. The van der Waals surface area contributed by atoms with Crippen LogP contribution in [0.5, 0.6) is 0 Å². The van der Waals surface area contributed by atoms with Crippen molar-refractivity contribution in [3.8, 4) is 0 Å². The highest BCUT2D eigenvalue weighted by atomic mass is 79.9. The van der Waals surface area contributed by atoms with Crippen molar-refractivity contribution < 1.29 is 4.92 Å². The van der Waals surface area contributed by atoms with E-state index in [4.69, 9.17) is 0 Å². The van der Waals surface area contributed by atoms with Gasteiger partial charge >= 0.3 is 0 Å². The van der Waals surface area contributed by atoms with Gasteiger partial charge in [0.2, 0.25) is 0 Å². The van der Waals surface area contributed by atoms with Crippen LogP contribution in [0.4, 0.5) is 11.4 Å². The number of hydrogen-bond acceptors (Lipinski definition) is 5. The molecule has 0 aliphatic carbocycles. The first kappa shape index (κ1) is 14.0. The van der Waals surface area contributed by atoms with Crippen molar-refractivity contribution >= 4 is 38.6 Å². The topological polar surface area (TPSA) is 68.1 Å². The summed E-state index contributed by atoms with van der Waals surface area (Å²) < 4.78 is 0.695. The Morgan fingerprint density at radius 2 is 2.32 bits per heavy atom. The lowest BCUT2D eigenvalue weighted by atomic mass is 10.2. The summed E-state index contributed by atoms with van der Waals surface area (Å²) in [4.78, 5) is 14.9. The Bertz CT molecular complexity index is 600. The molecule has 0 amide bonds. The second kappa shape index (κ2) is 6.12. The van der Waals surface area contributed by atoms with E-state index in [2.05, 4.69) is 26.2 Å². The van der Waals surface area contributed by atoms with E-state index >= 15 is 0 Å². The Morgan fingerprint density at radius 1 is 1.53 bits per heavy atom. The van der Waals surface area contributed by atoms with Gasteiger partial charge in [0.15, 0.2) is 0 Å². The average Bonchev–Trinajstić information content (AvgIpc) is 2.77. The normalized spacial score (nSPS) is 10.4. The average molecular weight is 342 g/mol. The highest BCUT2D eigenvalue weighted by Crippen LogP contribution is 2.27. The maximum absolute atomic E-state index is 10.9. The molecule has 0 saturated heterocycles. The molecule has 0 aliphatic heterocycles. The third-order valence-corrected chi connectivity index (χ3v) is 4.00. The van der Waals surface area contributed by atoms with Crippen molar-refractivity contribution in [2.75, 3.05) is 11.9 Å². The highest BCUT2D eigenvalue weighted by Gasteiger charge is 2.13. The zero-order valence-corrected chi connectivity index (χ0v) is 12.6. The molecule has 1 heterocycles. The van der Waals surface area contributed by atoms with Crippen LogP contribution >= 0.6 is 27.3 Å². The first-order valence-electron chi connectivity index (χ1n) is 5.65. The number of benzene rings is 1. The van der Waals surface area contributed by atoms with Gasteiger partial charge in [-0.25, -0.2) is 4.98 Å². The minimum absolute atomic E-state index is 0.0738. The van der Waals surface area contributed by atoms with Gasteiger partial charge in [-0.2, -0.15) is 0 Å². The number of aromatic nitrogens is 1. The van der Waals surface area contributed by atoms with Crippen molar-refractivity contribution in [3.63, 3.8) is 0 Å². The number of aryl methyl sites for hydroxylation is 1. The van der Waals surface area contributed by atoms with Gasteiger partial charge in [0, 0.05) is 34.6 Å². The Balaban J connectivity index is 2.01. The molecule has 1 aromatic heterocycles. The van der Waals surface area contributed by atoms with Gasteiger partial charge < -0.3 is 5.32 Å². The van der Waals surface area contributed by atoms with E-state index in [1.807, 2.05) is 12.3 Å². The largest absolute Gasteiger partial charge is 0.379 e. The summed E-state index contributed by atoms with van der Waals surface area (Å²) >= 11 is 4.84. The molecule has 19 heavy (non-hydrogen) atoms. The number of nitrogens with one attached hydrogen (secondary N) is 1. The lowest BCUT2D eigenvalue weighted by Gasteiger charge is -2.06. The van der Waals surface area contributed by atoms with Crippen LogP contribution in [-0.2, 0) is 6.42 Å². The Labute approximate surface area is 123 Å². The number of hydrogen-bond donors (Lipinski definition) is 1. The van der Waals surface area contributed by atoms with Crippen LogP contribution in [0.2, 0.25) is 0 Å². The predicted molar refractivity (Wildman–Crippen MR) is 79.8 cm³/mol. The zero-order chi connectivity index (χ0) is 13.8. The van der Waals surface area contributed by atoms with Gasteiger partial charge in [0.25, 0.3) is 5.69 Å². The van der Waals surface area contributed by atoms with Gasteiger partial charge in [-0.1, -0.05) is 15.9 Å². The molecular formula is C12H12BrN3O2S. The summed E-state index contributed by atoms with van der Waals surface area (Å²) in [5, 5.41) is 17.1. The van der Waals surface area contributed by atoms with Crippen molar-refractivity contribution in [1.29, 1.82) is 0 Å². The Hall–Kier alpha value is -1.47. The first-order valence-corrected chi connectivity index (χ1v) is 7.32. The fourth-order valence-electron chi connectivity index (χ4n) is 1.63. The van der Waals surface area contributed by atoms with Crippen LogP contribution in [0.1, 0.15) is 10.7 Å². The lowest BCUT2D eigenvalue weighted by Crippen LogP contribution is -2.06. The molecule has 5 nitrogen and oxygen atoms in total. The maximum atomic E-state index is 10.9. The molecule has 7 heteroatoms. The maximum Gasteiger partial charge on any atom is 0.293 e. The highest BCUT2D eigenvalue weighted by molar-refractivity contribution is 9.10. The Kier molecular flexibility index (Phi) is 4.49. The second-order valence-corrected chi connectivity index (χ2v) is 5.84. The van der Waals surface area contributed by atoms with Gasteiger partial charge in [0.05, 0.1) is 9.93 Å². The lowest BCUT2D eigenvalue weighted by molar-refractivity contribution is -0.384. The first-order chi connectivity index (χ1) is 9.06. The van der Waals surface area contributed by atoms with Crippen molar-refractivity contribution in [2.45, 2.75) is 13.3 Å². The minimum Gasteiger partial charge on any atom is -0.379 e. The van der Waals surface area contributed by atoms with E-state index in [1.165, 1.54) is 6.07 Å². The van der Waals surface area contributed by atoms with E-state index in [1.54, 1.807) is 23.5 Å². The molecule has 0 radical (unpaired) electrons. The third-order valence-electron chi connectivity index (χ3n) is 2.48. The van der Waals surface area contributed by atoms with Crippen LogP contribution in [0, 0.1) is 17.0 Å². The quantitative estimate of drug-likeness (QED) is 0.663. The van der Waals surface area contributed by atoms with Gasteiger partial charge in [0.1, 0.15) is 5.69 Å². The molecule has 2 aromatic rings. The van der Waals surface area contributed by atoms with E-state index in [-0.39, 0.29) is 10.6 Å². The molecule has 0 unspecified atom stereocenters. The van der Waals surface area contributed by atoms with Crippen molar-refractivity contribution in [3.05, 3.63) is 48.9 Å². The molecule has 1 N–H and O–H groups in total. The zero-order valence-electron chi connectivity index (χ0n) is 10.2. The number of thiazole rings is 1. The molecule has 0 fully saturated rings. The van der Waals surface area contributed by atoms with Gasteiger partial charge in [-0.05, 0) is 19.1 Å². The molecule has 0 bridgehead atoms. The van der Waals surface area contributed by atoms with Crippen molar-refractivity contribution in [2.24, 2.45) is 0 Å². The molecule has 0 atom stereocenters. The van der Waals surface area contributed by atoms with E-state index in [0.717, 1.165) is 17.1 Å². The summed E-state index contributed by atoms with van der Waals surface area (Å²) in [6.45, 7) is 2.57. The standard InChI is InChI=1S/C12H12BrN3O2S/c1-8-7-19-12(15-8)4-5-14-10-3-2-9(13)6-11(10)16(17)18/h2-3,6-7,14H,4-5H2,1H3. The summed E-state index contributed by atoms with van der Waals surface area (Å²) in [5.41, 5.74) is 1.61. The molecule has 0 spiro atoms. The third kappa shape index (κ3) is 3.74. The molecule has 0 saturated carbocycles. The number of nitrogens with zero attached hydrogens (tertiary/aromatic N) is 2. The van der Waals surface area contributed by atoms with Crippen molar-refractivity contribution in [1.82, 2.24) is 4.98 Å². The monoisotopic (exact) mass is 341 g/mol. The summed E-state index contributed by atoms with van der Waals surface area (Å²) in [6, 6.07) is 4.98. The van der Waals surface area contributed by atoms with Crippen LogP contribution in [0.15, 0.2) is 28.1 Å². The fraction of sp³-hybridized carbons (Fsp3) is 0.250. The SMILES string of the molecule is Cc1csc(CCNc2ccc(Br)cc2[N+](=O)[O-])n1. The van der Waals surface area contributed by atoms with Crippen LogP contribution in [0.25, 0.3) is 0 Å². The smallest absolute Gasteiger partial charge is 0.293 e. The molecule has 0 aliphatic rings. The molecular weight excluding hydrogens is 330 g/mol.